The van der Waals surface area contributed by atoms with E-state index in [0.29, 0.717) is 35.2 Å². The molecule has 19 heavy (non-hydrogen) atoms. The van der Waals surface area contributed by atoms with Crippen LogP contribution in [-0.2, 0) is 0 Å². The maximum absolute atomic E-state index is 12.0. The predicted molar refractivity (Wildman–Crippen MR) is 77.8 cm³/mol. The van der Waals surface area contributed by atoms with Crippen LogP contribution in [0.15, 0.2) is 18.2 Å². The summed E-state index contributed by atoms with van der Waals surface area (Å²) < 4.78 is 5.58. The lowest BCUT2D eigenvalue weighted by atomic mass is 9.95. The van der Waals surface area contributed by atoms with Gasteiger partial charge in [-0.3, -0.25) is 4.79 Å². The number of alkyl halides is 1. The molecule has 102 valence electrons. The smallest absolute Gasteiger partial charge is 0.255 e. The number of hydrogen-bond donors (Lipinski definition) is 1. The Morgan fingerprint density at radius 1 is 1.42 bits per heavy atom. The molecule has 2 atom stereocenters. The Labute approximate surface area is 121 Å². The van der Waals surface area contributed by atoms with Gasteiger partial charge in [0.2, 0.25) is 0 Å². The number of amides is 1. The van der Waals surface area contributed by atoms with Crippen LogP contribution in [0.4, 0.5) is 0 Å². The number of rotatable bonds is 3. The third-order valence-corrected chi connectivity index (χ3v) is 5.40. The van der Waals surface area contributed by atoms with E-state index in [1.165, 1.54) is 18.4 Å². The molecule has 1 saturated carbocycles. The van der Waals surface area contributed by atoms with Crippen molar-refractivity contribution in [2.24, 2.45) is 11.8 Å². The molecule has 0 radical (unpaired) electrons. The van der Waals surface area contributed by atoms with Crippen LogP contribution in [-0.4, -0.2) is 19.1 Å². The van der Waals surface area contributed by atoms with E-state index in [1.807, 2.05) is 12.1 Å². The summed E-state index contributed by atoms with van der Waals surface area (Å²) in [6.07, 6.45) is 2.66. The van der Waals surface area contributed by atoms with Gasteiger partial charge < -0.3 is 10.1 Å². The zero-order chi connectivity index (χ0) is 13.4. The zero-order valence-electron chi connectivity index (χ0n) is 11.0. The van der Waals surface area contributed by atoms with E-state index < -0.39 is 0 Å². The summed E-state index contributed by atoms with van der Waals surface area (Å²) in [5.41, 5.74) is 1.82. The van der Waals surface area contributed by atoms with Crippen molar-refractivity contribution >= 4 is 21.8 Å². The Bertz CT molecular complexity index is 499. The van der Waals surface area contributed by atoms with Gasteiger partial charge in [0, 0.05) is 4.83 Å². The van der Waals surface area contributed by atoms with Gasteiger partial charge in [-0.1, -0.05) is 28.9 Å². The SMILES string of the molecule is CC(C1CC1)C(Br)c1ccc2c(c1)C(=O)NCCO2. The molecule has 3 rings (SSSR count). The molecule has 1 N–H and O–H groups in total. The van der Waals surface area contributed by atoms with Crippen LogP contribution in [0.3, 0.4) is 0 Å². The normalized spacial score (nSPS) is 21.7. The fourth-order valence-electron chi connectivity index (χ4n) is 2.61. The van der Waals surface area contributed by atoms with Crippen LogP contribution in [0.5, 0.6) is 5.75 Å². The molecule has 1 aromatic carbocycles. The van der Waals surface area contributed by atoms with Crippen LogP contribution in [0, 0.1) is 11.8 Å². The summed E-state index contributed by atoms with van der Waals surface area (Å²) in [4.78, 5) is 12.3. The quantitative estimate of drug-likeness (QED) is 0.867. The Morgan fingerprint density at radius 2 is 2.21 bits per heavy atom. The Kier molecular flexibility index (Phi) is 3.52. The van der Waals surface area contributed by atoms with Gasteiger partial charge in [0.05, 0.1) is 12.1 Å². The standard InChI is InChI=1S/C15H18BrNO2/c1-9(10-2-3-10)14(16)11-4-5-13-12(8-11)15(18)17-6-7-19-13/h4-5,8-10,14H,2-3,6-7H2,1H3,(H,17,18). The van der Waals surface area contributed by atoms with E-state index in [4.69, 9.17) is 4.74 Å². The van der Waals surface area contributed by atoms with Crippen LogP contribution in [0.2, 0.25) is 0 Å². The number of fused-ring (bicyclic) bond motifs is 1. The van der Waals surface area contributed by atoms with Gasteiger partial charge in [-0.15, -0.1) is 0 Å². The lowest BCUT2D eigenvalue weighted by Gasteiger charge is -2.19. The number of nitrogens with one attached hydrogen (secondary N) is 1. The number of hydrogen-bond acceptors (Lipinski definition) is 2. The maximum atomic E-state index is 12.0. The largest absolute Gasteiger partial charge is 0.491 e. The topological polar surface area (TPSA) is 38.3 Å². The minimum atomic E-state index is -0.0341. The molecule has 1 aliphatic heterocycles. The van der Waals surface area contributed by atoms with E-state index in [2.05, 4.69) is 34.2 Å². The maximum Gasteiger partial charge on any atom is 0.255 e. The first kappa shape index (κ1) is 13.0. The van der Waals surface area contributed by atoms with Crippen LogP contribution < -0.4 is 10.1 Å². The molecule has 4 heteroatoms. The third-order valence-electron chi connectivity index (χ3n) is 4.04. The van der Waals surface area contributed by atoms with Crippen LogP contribution in [0.25, 0.3) is 0 Å². The highest BCUT2D eigenvalue weighted by atomic mass is 79.9. The first-order valence-electron chi connectivity index (χ1n) is 6.86. The molecular formula is C15H18BrNO2. The third kappa shape index (κ3) is 2.64. The highest BCUT2D eigenvalue weighted by molar-refractivity contribution is 9.09. The van der Waals surface area contributed by atoms with E-state index >= 15 is 0 Å². The number of carbonyl (C=O) groups is 1. The lowest BCUT2D eigenvalue weighted by molar-refractivity contribution is 0.0957. The fourth-order valence-corrected chi connectivity index (χ4v) is 3.32. The molecule has 0 spiro atoms. The predicted octanol–water partition coefficient (Wildman–Crippen LogP) is 3.29. The van der Waals surface area contributed by atoms with Crippen LogP contribution in [0.1, 0.15) is 40.5 Å². The highest BCUT2D eigenvalue weighted by Crippen LogP contribution is 2.46. The lowest BCUT2D eigenvalue weighted by Crippen LogP contribution is -2.24. The van der Waals surface area contributed by atoms with Crippen molar-refractivity contribution in [3.8, 4) is 5.75 Å². The molecule has 1 amide bonds. The van der Waals surface area contributed by atoms with Crippen molar-refractivity contribution < 1.29 is 9.53 Å². The summed E-state index contributed by atoms with van der Waals surface area (Å²) in [7, 11) is 0. The number of benzene rings is 1. The minimum absolute atomic E-state index is 0.0341. The van der Waals surface area contributed by atoms with Crippen molar-refractivity contribution in [2.75, 3.05) is 13.2 Å². The summed E-state index contributed by atoms with van der Waals surface area (Å²) in [6, 6.07) is 5.95. The van der Waals surface area contributed by atoms with E-state index in [9.17, 15) is 4.79 Å². The highest BCUT2D eigenvalue weighted by Gasteiger charge is 2.33. The van der Waals surface area contributed by atoms with Crippen molar-refractivity contribution in [2.45, 2.75) is 24.6 Å². The van der Waals surface area contributed by atoms with Gasteiger partial charge in [0.1, 0.15) is 12.4 Å². The fraction of sp³-hybridized carbons (Fsp3) is 0.533. The monoisotopic (exact) mass is 323 g/mol. The van der Waals surface area contributed by atoms with Gasteiger partial charge in [-0.2, -0.15) is 0 Å². The van der Waals surface area contributed by atoms with Crippen molar-refractivity contribution in [1.82, 2.24) is 5.32 Å². The zero-order valence-corrected chi connectivity index (χ0v) is 12.6. The molecule has 2 unspecified atom stereocenters. The van der Waals surface area contributed by atoms with E-state index in [0.717, 1.165) is 5.92 Å². The minimum Gasteiger partial charge on any atom is -0.491 e. The Hall–Kier alpha value is -1.03. The summed E-state index contributed by atoms with van der Waals surface area (Å²) in [6.45, 7) is 3.38. The summed E-state index contributed by atoms with van der Waals surface area (Å²) in [5, 5.41) is 2.85. The summed E-state index contributed by atoms with van der Waals surface area (Å²) in [5.74, 6) is 2.09. The van der Waals surface area contributed by atoms with Gasteiger partial charge in [0.25, 0.3) is 5.91 Å². The average Bonchev–Trinajstić information content (AvgIpc) is 3.25. The molecule has 1 heterocycles. The van der Waals surface area contributed by atoms with E-state index in [-0.39, 0.29) is 5.91 Å². The molecule has 0 saturated heterocycles. The van der Waals surface area contributed by atoms with Gasteiger partial charge in [-0.05, 0) is 42.4 Å². The molecular weight excluding hydrogens is 306 g/mol. The number of ether oxygens (including phenoxy) is 1. The Balaban J connectivity index is 1.89. The first-order valence-corrected chi connectivity index (χ1v) is 7.77. The number of halogens is 1. The molecule has 1 aliphatic carbocycles. The Morgan fingerprint density at radius 3 is 2.95 bits per heavy atom. The van der Waals surface area contributed by atoms with Crippen molar-refractivity contribution in [3.05, 3.63) is 29.3 Å². The molecule has 0 aromatic heterocycles. The second-order valence-electron chi connectivity index (χ2n) is 5.46. The van der Waals surface area contributed by atoms with Gasteiger partial charge in [-0.25, -0.2) is 0 Å². The average molecular weight is 324 g/mol. The first-order chi connectivity index (χ1) is 9.16. The molecule has 0 bridgehead atoms. The second kappa shape index (κ2) is 5.16. The van der Waals surface area contributed by atoms with Crippen molar-refractivity contribution in [3.63, 3.8) is 0 Å². The molecule has 1 fully saturated rings. The van der Waals surface area contributed by atoms with Gasteiger partial charge >= 0.3 is 0 Å². The molecule has 1 aromatic rings. The second-order valence-corrected chi connectivity index (χ2v) is 6.44. The number of carbonyl (C=O) groups excluding carboxylic acids is 1. The molecule has 2 aliphatic rings. The molecule has 3 nitrogen and oxygen atoms in total. The van der Waals surface area contributed by atoms with Crippen molar-refractivity contribution in [1.29, 1.82) is 0 Å². The van der Waals surface area contributed by atoms with E-state index in [1.54, 1.807) is 0 Å². The van der Waals surface area contributed by atoms with Crippen LogP contribution >= 0.6 is 15.9 Å². The summed E-state index contributed by atoms with van der Waals surface area (Å²) >= 11 is 3.79. The van der Waals surface area contributed by atoms with Gasteiger partial charge in [0.15, 0.2) is 0 Å².